The fourth-order valence-electron chi connectivity index (χ4n) is 2.37. The highest BCUT2D eigenvalue weighted by Crippen LogP contribution is 2.31. The first-order valence-corrected chi connectivity index (χ1v) is 8.86. The summed E-state index contributed by atoms with van der Waals surface area (Å²) in [5.41, 5.74) is 0.913. The summed E-state index contributed by atoms with van der Waals surface area (Å²) in [5, 5.41) is 1.41. The molecule has 2 aromatic carbocycles. The third-order valence-electron chi connectivity index (χ3n) is 3.44. The Labute approximate surface area is 136 Å². The molecule has 0 radical (unpaired) electrons. The molecule has 0 spiro atoms. The molecule has 0 aromatic heterocycles. The summed E-state index contributed by atoms with van der Waals surface area (Å²) in [7, 11) is -0.104. The number of hydrogen-bond donors (Lipinski definition) is 1. The van der Waals surface area contributed by atoms with Crippen molar-refractivity contribution in [3.05, 3.63) is 36.4 Å². The Morgan fingerprint density at radius 3 is 2.32 bits per heavy atom. The van der Waals surface area contributed by atoms with Gasteiger partial charge in [-0.3, -0.25) is 0 Å². The van der Waals surface area contributed by atoms with Gasteiger partial charge in [0.15, 0.2) is 6.80 Å². The van der Waals surface area contributed by atoms with Gasteiger partial charge in [-0.05, 0) is 12.1 Å². The van der Waals surface area contributed by atoms with Crippen molar-refractivity contribution in [1.82, 2.24) is 4.31 Å². The molecule has 0 heterocycles. The van der Waals surface area contributed by atoms with E-state index in [1.54, 1.807) is 18.2 Å². The minimum atomic E-state index is -3.89. The number of anilines is 1. The van der Waals surface area contributed by atoms with Crippen LogP contribution < -0.4 is 4.90 Å². The van der Waals surface area contributed by atoms with Crippen LogP contribution in [0.4, 0.5) is 10.1 Å². The Kier molecular flexibility index (Phi) is 5.31. The highest BCUT2D eigenvalue weighted by atomic mass is 32.2. The van der Waals surface area contributed by atoms with Crippen LogP contribution in [0, 0.1) is 0 Å². The molecule has 0 saturated carbocycles. The number of nitrogens with zero attached hydrogens (tertiary/aromatic N) is 2. The van der Waals surface area contributed by atoms with Crippen molar-refractivity contribution in [3.63, 3.8) is 0 Å². The summed E-state index contributed by atoms with van der Waals surface area (Å²) in [6, 6.07) is 10.5. The average Bonchev–Trinajstić information content (AvgIpc) is 2.50. The van der Waals surface area contributed by atoms with Gasteiger partial charge < -0.3 is 4.90 Å². The van der Waals surface area contributed by atoms with Gasteiger partial charge in [0.25, 0.3) is 0 Å². The molecule has 7 heteroatoms. The van der Waals surface area contributed by atoms with E-state index in [0.29, 0.717) is 5.39 Å². The summed E-state index contributed by atoms with van der Waals surface area (Å²) in [6.45, 7) is -1.03. The van der Waals surface area contributed by atoms with Crippen molar-refractivity contribution in [2.24, 2.45) is 0 Å². The minimum Gasteiger partial charge on any atom is -0.377 e. The molecular weight excluding hydrogens is 323 g/mol. The summed E-state index contributed by atoms with van der Waals surface area (Å²) in [6.07, 6.45) is 0. The van der Waals surface area contributed by atoms with Gasteiger partial charge >= 0.3 is 0 Å². The second-order valence-electron chi connectivity index (χ2n) is 5.05. The van der Waals surface area contributed by atoms with E-state index in [1.165, 1.54) is 6.07 Å². The quantitative estimate of drug-likeness (QED) is 0.648. The highest BCUT2D eigenvalue weighted by molar-refractivity contribution is 7.89. The maximum atomic E-state index is 13.1. The molecule has 0 aliphatic carbocycles. The molecule has 0 aliphatic rings. The summed E-state index contributed by atoms with van der Waals surface area (Å²) in [4.78, 5) is 2.03. The van der Waals surface area contributed by atoms with Crippen LogP contribution in [0.1, 0.15) is 0 Å². The Morgan fingerprint density at radius 2 is 1.73 bits per heavy atom. The van der Waals surface area contributed by atoms with Gasteiger partial charge in [0.05, 0.1) is 4.90 Å². The topological polar surface area (TPSA) is 40.6 Å². The molecule has 0 N–H and O–H groups in total. The second-order valence-corrected chi connectivity index (χ2v) is 7.40. The molecule has 0 atom stereocenters. The van der Waals surface area contributed by atoms with Crippen molar-refractivity contribution in [2.45, 2.75) is 4.90 Å². The zero-order chi connectivity index (χ0) is 16.3. The lowest BCUT2D eigenvalue weighted by Crippen LogP contribution is -2.32. The Balaban J connectivity index is 2.69. The molecule has 120 valence electrons. The molecule has 22 heavy (non-hydrogen) atoms. The number of sulfonamides is 1. The zero-order valence-corrected chi connectivity index (χ0v) is 14.2. The number of rotatable bonds is 6. The van der Waals surface area contributed by atoms with Gasteiger partial charge in [-0.25, -0.2) is 12.8 Å². The predicted octanol–water partition coefficient (Wildman–Crippen LogP) is 2.75. The maximum absolute atomic E-state index is 13.1. The molecule has 2 rings (SSSR count). The van der Waals surface area contributed by atoms with Gasteiger partial charge in [0, 0.05) is 42.9 Å². The smallest absolute Gasteiger partial charge is 0.245 e. The molecule has 0 bridgehead atoms. The average molecular weight is 342 g/mol. The van der Waals surface area contributed by atoms with Crippen LogP contribution in [0.5, 0.6) is 0 Å². The van der Waals surface area contributed by atoms with Crippen molar-refractivity contribution >= 4 is 39.1 Å². The number of fused-ring (bicyclic) bond motifs is 1. The molecule has 0 saturated heterocycles. The SMILES string of the molecule is CN(C)c1cccc2c(S(=O)(=O)N(CF)CCS)cccc12. The third-order valence-corrected chi connectivity index (χ3v) is 5.51. The fraction of sp³-hybridized carbons (Fsp3) is 0.333. The highest BCUT2D eigenvalue weighted by Gasteiger charge is 2.26. The van der Waals surface area contributed by atoms with Crippen molar-refractivity contribution in [1.29, 1.82) is 0 Å². The lowest BCUT2D eigenvalue weighted by molar-refractivity contribution is 0.300. The van der Waals surface area contributed by atoms with E-state index in [9.17, 15) is 12.8 Å². The first-order chi connectivity index (χ1) is 10.4. The normalized spacial score (nSPS) is 12.0. The van der Waals surface area contributed by atoms with E-state index in [2.05, 4.69) is 12.6 Å². The molecule has 0 fully saturated rings. The van der Waals surface area contributed by atoms with Crippen LogP contribution in [0.25, 0.3) is 10.8 Å². The van der Waals surface area contributed by atoms with E-state index < -0.39 is 16.8 Å². The monoisotopic (exact) mass is 342 g/mol. The molecule has 0 amide bonds. The summed E-state index contributed by atoms with van der Waals surface area (Å²) >= 11 is 4.00. The minimum absolute atomic E-state index is 0.0334. The van der Waals surface area contributed by atoms with Crippen LogP contribution in [0.3, 0.4) is 0 Å². The van der Waals surface area contributed by atoms with Gasteiger partial charge in [-0.1, -0.05) is 24.3 Å². The molecule has 0 aliphatic heterocycles. The van der Waals surface area contributed by atoms with E-state index in [4.69, 9.17) is 0 Å². The molecule has 0 unspecified atom stereocenters. The van der Waals surface area contributed by atoms with Crippen molar-refractivity contribution in [2.75, 3.05) is 38.1 Å². The second kappa shape index (κ2) is 6.85. The van der Waals surface area contributed by atoms with Crippen LogP contribution in [-0.4, -0.2) is 45.9 Å². The standard InChI is InChI=1S/C15H19FN2O2S2/c1-17(2)14-7-3-6-13-12(14)5-4-8-15(13)22(19,20)18(11-16)9-10-21/h3-8,21H,9-11H2,1-2H3. The van der Waals surface area contributed by atoms with Gasteiger partial charge in [0.1, 0.15) is 0 Å². The first-order valence-electron chi connectivity index (χ1n) is 6.79. The van der Waals surface area contributed by atoms with Crippen LogP contribution >= 0.6 is 12.6 Å². The number of benzene rings is 2. The number of halogens is 1. The van der Waals surface area contributed by atoms with Crippen molar-refractivity contribution < 1.29 is 12.8 Å². The Bertz CT molecular complexity index is 763. The summed E-state index contributed by atoms with van der Waals surface area (Å²) in [5.74, 6) is 0.261. The van der Waals surface area contributed by atoms with Gasteiger partial charge in [-0.2, -0.15) is 16.9 Å². The first kappa shape index (κ1) is 17.1. The number of thiol groups is 1. The van der Waals surface area contributed by atoms with Gasteiger partial charge in [0.2, 0.25) is 10.0 Å². The summed E-state index contributed by atoms with van der Waals surface area (Å²) < 4.78 is 39.3. The number of hydrogen-bond acceptors (Lipinski definition) is 4. The Morgan fingerprint density at radius 1 is 1.09 bits per heavy atom. The van der Waals surface area contributed by atoms with Crippen LogP contribution in [0.15, 0.2) is 41.3 Å². The van der Waals surface area contributed by atoms with E-state index in [1.807, 2.05) is 31.1 Å². The lowest BCUT2D eigenvalue weighted by atomic mass is 10.1. The largest absolute Gasteiger partial charge is 0.377 e. The maximum Gasteiger partial charge on any atom is 0.245 e. The molecular formula is C15H19FN2O2S2. The number of alkyl halides is 1. The van der Waals surface area contributed by atoms with E-state index in [-0.39, 0.29) is 17.2 Å². The van der Waals surface area contributed by atoms with Crippen LogP contribution in [-0.2, 0) is 10.0 Å². The molecule has 2 aromatic rings. The van der Waals surface area contributed by atoms with Crippen LogP contribution in [0.2, 0.25) is 0 Å². The molecule has 4 nitrogen and oxygen atoms in total. The van der Waals surface area contributed by atoms with E-state index in [0.717, 1.165) is 15.4 Å². The third kappa shape index (κ3) is 3.06. The lowest BCUT2D eigenvalue weighted by Gasteiger charge is -2.20. The predicted molar refractivity (Wildman–Crippen MR) is 92.0 cm³/mol. The van der Waals surface area contributed by atoms with Gasteiger partial charge in [-0.15, -0.1) is 0 Å². The van der Waals surface area contributed by atoms with E-state index >= 15 is 0 Å². The van der Waals surface area contributed by atoms with Crippen molar-refractivity contribution in [3.8, 4) is 0 Å². The zero-order valence-electron chi connectivity index (χ0n) is 12.5. The Hall–Kier alpha value is -1.31. The fourth-order valence-corrected chi connectivity index (χ4v) is 4.20.